The van der Waals surface area contributed by atoms with Crippen LogP contribution in [0.1, 0.15) is 36.5 Å². The van der Waals surface area contributed by atoms with Crippen LogP contribution in [-0.4, -0.2) is 35.1 Å². The van der Waals surface area contributed by atoms with Crippen LogP contribution in [0.5, 0.6) is 0 Å². The van der Waals surface area contributed by atoms with Crippen molar-refractivity contribution in [2.75, 3.05) is 12.3 Å². The Labute approximate surface area is 238 Å². The molecule has 0 aliphatic carbocycles. The largest absolute Gasteiger partial charge is 0.354 e. The number of rotatable bonds is 13. The van der Waals surface area contributed by atoms with E-state index in [9.17, 15) is 9.59 Å². The van der Waals surface area contributed by atoms with Crippen molar-refractivity contribution in [3.8, 4) is 0 Å². The fourth-order valence-corrected chi connectivity index (χ4v) is 5.71. The van der Waals surface area contributed by atoms with Crippen LogP contribution in [0.2, 0.25) is 15.1 Å². The van der Waals surface area contributed by atoms with Gasteiger partial charge in [-0.15, -0.1) is 11.8 Å². The molecule has 0 spiro atoms. The van der Waals surface area contributed by atoms with Gasteiger partial charge in [0.1, 0.15) is 6.04 Å². The van der Waals surface area contributed by atoms with E-state index in [1.54, 1.807) is 29.2 Å². The van der Waals surface area contributed by atoms with Crippen molar-refractivity contribution in [1.29, 1.82) is 0 Å². The number of hydrogen-bond acceptors (Lipinski definition) is 3. The minimum atomic E-state index is -0.687. The second kappa shape index (κ2) is 15.3. The molecule has 3 rings (SSSR count). The van der Waals surface area contributed by atoms with Gasteiger partial charge in [0.2, 0.25) is 11.8 Å². The smallest absolute Gasteiger partial charge is 0.243 e. The Balaban J connectivity index is 1.86. The van der Waals surface area contributed by atoms with Gasteiger partial charge in [0.05, 0.1) is 5.75 Å². The van der Waals surface area contributed by atoms with E-state index < -0.39 is 6.04 Å². The van der Waals surface area contributed by atoms with Crippen LogP contribution < -0.4 is 5.32 Å². The topological polar surface area (TPSA) is 49.4 Å². The number of carbonyl (C=O) groups excluding carboxylic acids is 2. The van der Waals surface area contributed by atoms with E-state index in [0.29, 0.717) is 33.8 Å². The first-order valence-electron chi connectivity index (χ1n) is 12.3. The van der Waals surface area contributed by atoms with Crippen LogP contribution in [0, 0.1) is 0 Å². The molecule has 1 atom stereocenters. The van der Waals surface area contributed by atoms with Crippen molar-refractivity contribution in [1.82, 2.24) is 10.2 Å². The monoisotopic (exact) mass is 576 g/mol. The van der Waals surface area contributed by atoms with Gasteiger partial charge < -0.3 is 10.2 Å². The highest BCUT2D eigenvalue weighted by molar-refractivity contribution is 7.99. The van der Waals surface area contributed by atoms with Gasteiger partial charge in [0, 0.05) is 40.3 Å². The molecule has 196 valence electrons. The SMILES string of the molecule is CCCCNC(=O)[C@@H](Cc1ccccc1)N(Cc1ccccc1Cl)C(=O)CSCc1c(Cl)cccc1Cl. The number of amides is 2. The molecule has 0 fully saturated rings. The van der Waals surface area contributed by atoms with Gasteiger partial charge >= 0.3 is 0 Å². The van der Waals surface area contributed by atoms with E-state index in [2.05, 4.69) is 12.2 Å². The van der Waals surface area contributed by atoms with Gasteiger partial charge in [0.25, 0.3) is 0 Å². The van der Waals surface area contributed by atoms with Crippen molar-refractivity contribution in [3.05, 3.63) is 105 Å². The number of carbonyl (C=O) groups is 2. The maximum Gasteiger partial charge on any atom is 0.243 e. The normalized spacial score (nSPS) is 11.7. The summed E-state index contributed by atoms with van der Waals surface area (Å²) in [6.07, 6.45) is 2.24. The molecular weight excluding hydrogens is 547 g/mol. The maximum absolute atomic E-state index is 13.7. The first-order valence-corrected chi connectivity index (χ1v) is 14.5. The van der Waals surface area contributed by atoms with Gasteiger partial charge in [-0.2, -0.15) is 0 Å². The van der Waals surface area contributed by atoms with Crippen molar-refractivity contribution in [2.45, 2.75) is 44.5 Å². The number of hydrogen-bond donors (Lipinski definition) is 1. The van der Waals surface area contributed by atoms with E-state index in [4.69, 9.17) is 34.8 Å². The highest BCUT2D eigenvalue weighted by Gasteiger charge is 2.30. The first kappa shape index (κ1) is 29.4. The lowest BCUT2D eigenvalue weighted by atomic mass is 10.0. The standard InChI is InChI=1S/C29H31Cl3N2O2S/c1-2-3-16-33-29(36)27(17-21-10-5-4-6-11-21)34(18-22-12-7-8-13-24(22)30)28(35)20-37-19-23-25(31)14-9-15-26(23)32/h4-15,27H,2-3,16-20H2,1H3,(H,33,36)/t27-/m1/s1. The quantitative estimate of drug-likeness (QED) is 0.215. The predicted molar refractivity (Wildman–Crippen MR) is 156 cm³/mol. The average molecular weight is 578 g/mol. The second-order valence-electron chi connectivity index (χ2n) is 8.66. The molecule has 8 heteroatoms. The van der Waals surface area contributed by atoms with Gasteiger partial charge in [-0.3, -0.25) is 9.59 Å². The lowest BCUT2D eigenvalue weighted by Crippen LogP contribution is -2.51. The number of unbranched alkanes of at least 4 members (excludes halogenated alkanes) is 1. The molecule has 4 nitrogen and oxygen atoms in total. The molecule has 0 unspecified atom stereocenters. The molecule has 0 heterocycles. The molecule has 0 aliphatic rings. The number of nitrogens with one attached hydrogen (secondary N) is 1. The lowest BCUT2D eigenvalue weighted by Gasteiger charge is -2.32. The number of halogens is 3. The minimum absolute atomic E-state index is 0.153. The summed E-state index contributed by atoms with van der Waals surface area (Å²) >= 11 is 20.5. The third kappa shape index (κ3) is 8.96. The lowest BCUT2D eigenvalue weighted by molar-refractivity contribution is -0.139. The summed E-state index contributed by atoms with van der Waals surface area (Å²) in [5, 5.41) is 4.72. The molecule has 0 bridgehead atoms. The van der Waals surface area contributed by atoms with Crippen molar-refractivity contribution < 1.29 is 9.59 Å². The van der Waals surface area contributed by atoms with Crippen molar-refractivity contribution in [3.63, 3.8) is 0 Å². The van der Waals surface area contributed by atoms with Crippen LogP contribution in [0.3, 0.4) is 0 Å². The number of benzene rings is 3. The van der Waals surface area contributed by atoms with Gasteiger partial charge in [0.15, 0.2) is 0 Å². The number of thioether (sulfide) groups is 1. The van der Waals surface area contributed by atoms with Crippen LogP contribution in [0.4, 0.5) is 0 Å². The maximum atomic E-state index is 13.7. The summed E-state index contributed by atoms with van der Waals surface area (Å²) in [6, 6.07) is 21.8. The highest BCUT2D eigenvalue weighted by atomic mass is 35.5. The zero-order valence-electron chi connectivity index (χ0n) is 20.8. The summed E-state index contributed by atoms with van der Waals surface area (Å²) in [4.78, 5) is 28.8. The molecule has 1 N–H and O–H groups in total. The van der Waals surface area contributed by atoms with Gasteiger partial charge in [-0.25, -0.2) is 0 Å². The Kier molecular flexibility index (Phi) is 12.1. The Morgan fingerprint density at radius 3 is 2.22 bits per heavy atom. The van der Waals surface area contributed by atoms with Gasteiger partial charge in [-0.05, 0) is 41.3 Å². The van der Waals surface area contributed by atoms with E-state index in [0.717, 1.165) is 29.5 Å². The Morgan fingerprint density at radius 2 is 1.54 bits per heavy atom. The summed E-state index contributed by atoms with van der Waals surface area (Å²) in [5.74, 6) is 0.326. The van der Waals surface area contributed by atoms with Crippen LogP contribution in [0.15, 0.2) is 72.8 Å². The van der Waals surface area contributed by atoms with Crippen molar-refractivity contribution >= 4 is 58.4 Å². The van der Waals surface area contributed by atoms with E-state index in [1.165, 1.54) is 11.8 Å². The third-order valence-electron chi connectivity index (χ3n) is 5.93. The highest BCUT2D eigenvalue weighted by Crippen LogP contribution is 2.29. The van der Waals surface area contributed by atoms with Crippen LogP contribution in [-0.2, 0) is 28.3 Å². The van der Waals surface area contributed by atoms with Crippen LogP contribution >= 0.6 is 46.6 Å². The summed E-state index contributed by atoms with van der Waals surface area (Å²) in [5.41, 5.74) is 2.56. The summed E-state index contributed by atoms with van der Waals surface area (Å²) in [6.45, 7) is 2.86. The molecule has 0 saturated carbocycles. The third-order valence-corrected chi connectivity index (χ3v) is 7.95. The Bertz CT molecular complexity index is 1160. The van der Waals surface area contributed by atoms with Gasteiger partial charge in [-0.1, -0.05) is 103 Å². The zero-order valence-corrected chi connectivity index (χ0v) is 23.8. The average Bonchev–Trinajstić information content (AvgIpc) is 2.89. The van der Waals surface area contributed by atoms with E-state index in [-0.39, 0.29) is 24.1 Å². The molecule has 0 radical (unpaired) electrons. The summed E-state index contributed by atoms with van der Waals surface area (Å²) in [7, 11) is 0. The fourth-order valence-electron chi connectivity index (χ4n) is 3.86. The summed E-state index contributed by atoms with van der Waals surface area (Å²) < 4.78 is 0. The molecule has 37 heavy (non-hydrogen) atoms. The fraction of sp³-hybridized carbons (Fsp3) is 0.310. The molecule has 0 saturated heterocycles. The number of nitrogens with zero attached hydrogens (tertiary/aromatic N) is 1. The molecule has 2 amide bonds. The molecular formula is C29H31Cl3N2O2S. The van der Waals surface area contributed by atoms with E-state index in [1.807, 2.05) is 48.5 Å². The van der Waals surface area contributed by atoms with Crippen LogP contribution in [0.25, 0.3) is 0 Å². The Morgan fingerprint density at radius 1 is 0.892 bits per heavy atom. The van der Waals surface area contributed by atoms with Crippen molar-refractivity contribution in [2.24, 2.45) is 0 Å². The second-order valence-corrected chi connectivity index (χ2v) is 10.9. The Hall–Kier alpha value is -2.18. The predicted octanol–water partition coefficient (Wildman–Crippen LogP) is 7.44. The van der Waals surface area contributed by atoms with E-state index >= 15 is 0 Å². The molecule has 3 aromatic carbocycles. The molecule has 0 aromatic heterocycles. The zero-order chi connectivity index (χ0) is 26.6. The molecule has 0 aliphatic heterocycles. The minimum Gasteiger partial charge on any atom is -0.354 e. The first-order chi connectivity index (χ1) is 17.9. The molecule has 3 aromatic rings.